The molecule has 0 atom stereocenters. The molecule has 0 saturated carbocycles. The van der Waals surface area contributed by atoms with Crippen molar-refractivity contribution in [2.24, 2.45) is 0 Å². The molecular weight excluding hydrogens is 174 g/mol. The van der Waals surface area contributed by atoms with Gasteiger partial charge in [0.15, 0.2) is 0 Å². The van der Waals surface area contributed by atoms with E-state index in [2.05, 4.69) is 13.0 Å². The topological polar surface area (TPSA) is 33.0 Å². The number of rotatable bonds is 4. The van der Waals surface area contributed by atoms with Crippen LogP contribution in [0.4, 0.5) is 0 Å². The molecule has 74 valence electrons. The summed E-state index contributed by atoms with van der Waals surface area (Å²) in [5, 5.41) is 8.89. The Balaban J connectivity index is 2.91. The number of unbranched alkanes of at least 4 members (excludes halogenated alkanes) is 1. The molecule has 0 bridgehead atoms. The van der Waals surface area contributed by atoms with Crippen molar-refractivity contribution in [3.8, 4) is 11.8 Å². The van der Waals surface area contributed by atoms with Crippen LogP contribution < -0.4 is 4.74 Å². The molecule has 1 rings (SSSR count). The highest BCUT2D eigenvalue weighted by Gasteiger charge is 2.02. The van der Waals surface area contributed by atoms with Crippen molar-refractivity contribution in [1.82, 2.24) is 0 Å². The Morgan fingerprint density at radius 1 is 1.43 bits per heavy atom. The predicted octanol–water partition coefficient (Wildman–Crippen LogP) is 2.91. The van der Waals surface area contributed by atoms with E-state index in [0.29, 0.717) is 0 Å². The molecule has 14 heavy (non-hydrogen) atoms. The molecule has 0 saturated heterocycles. The summed E-state index contributed by atoms with van der Waals surface area (Å²) in [6.45, 7) is 2.15. The quantitative estimate of drug-likeness (QED) is 0.729. The van der Waals surface area contributed by atoms with Crippen LogP contribution in [-0.2, 0) is 6.42 Å². The fourth-order valence-corrected chi connectivity index (χ4v) is 1.38. The van der Waals surface area contributed by atoms with E-state index in [1.54, 1.807) is 7.11 Å². The summed E-state index contributed by atoms with van der Waals surface area (Å²) in [5.74, 6) is 0.829. The molecule has 0 heterocycles. The molecule has 0 aliphatic rings. The highest BCUT2D eigenvalue weighted by molar-refractivity contribution is 5.42. The molecule has 0 unspecified atom stereocenters. The normalized spacial score (nSPS) is 9.50. The van der Waals surface area contributed by atoms with Gasteiger partial charge in [-0.05, 0) is 36.6 Å². The largest absolute Gasteiger partial charge is 0.497 e. The molecule has 1 aromatic carbocycles. The molecule has 0 fully saturated rings. The lowest BCUT2D eigenvalue weighted by molar-refractivity contribution is 0.414. The zero-order valence-electron chi connectivity index (χ0n) is 8.71. The van der Waals surface area contributed by atoms with Crippen molar-refractivity contribution in [2.75, 3.05) is 7.11 Å². The molecule has 1 aromatic rings. The van der Waals surface area contributed by atoms with Gasteiger partial charge in [0.25, 0.3) is 0 Å². The smallest absolute Gasteiger partial charge is 0.119 e. The van der Waals surface area contributed by atoms with E-state index in [1.165, 1.54) is 0 Å². The minimum absolute atomic E-state index is 0.763. The van der Waals surface area contributed by atoms with Crippen molar-refractivity contribution < 1.29 is 4.74 Å². The Morgan fingerprint density at radius 2 is 2.21 bits per heavy atom. The van der Waals surface area contributed by atoms with Crippen LogP contribution in [0.25, 0.3) is 0 Å². The number of benzene rings is 1. The third kappa shape index (κ3) is 2.50. The SMILES string of the molecule is CCCCc1cc(OC)ccc1C#N. The van der Waals surface area contributed by atoms with Crippen molar-refractivity contribution in [3.63, 3.8) is 0 Å². The summed E-state index contributed by atoms with van der Waals surface area (Å²) in [5.41, 5.74) is 1.85. The van der Waals surface area contributed by atoms with Gasteiger partial charge in [0.2, 0.25) is 0 Å². The molecule has 0 radical (unpaired) electrons. The average Bonchev–Trinajstić information content (AvgIpc) is 2.25. The first-order valence-corrected chi connectivity index (χ1v) is 4.88. The second-order valence-corrected chi connectivity index (χ2v) is 3.24. The van der Waals surface area contributed by atoms with Crippen LogP contribution in [0.3, 0.4) is 0 Å². The van der Waals surface area contributed by atoms with E-state index in [4.69, 9.17) is 10.00 Å². The zero-order valence-corrected chi connectivity index (χ0v) is 8.71. The predicted molar refractivity (Wildman–Crippen MR) is 56.3 cm³/mol. The summed E-state index contributed by atoms with van der Waals surface area (Å²) in [7, 11) is 1.64. The third-order valence-electron chi connectivity index (χ3n) is 2.23. The molecule has 0 aliphatic carbocycles. The van der Waals surface area contributed by atoms with Crippen LogP contribution in [0.15, 0.2) is 18.2 Å². The fraction of sp³-hybridized carbons (Fsp3) is 0.417. The van der Waals surface area contributed by atoms with Crippen LogP contribution in [0.1, 0.15) is 30.9 Å². The van der Waals surface area contributed by atoms with Gasteiger partial charge in [-0.15, -0.1) is 0 Å². The maximum Gasteiger partial charge on any atom is 0.119 e. The van der Waals surface area contributed by atoms with Gasteiger partial charge < -0.3 is 4.74 Å². The minimum atomic E-state index is 0.763. The Hall–Kier alpha value is -1.49. The standard InChI is InChI=1S/C12H15NO/c1-3-4-5-10-8-12(14-2)7-6-11(10)9-13/h6-8H,3-5H2,1-2H3. The second kappa shape index (κ2) is 5.29. The van der Waals surface area contributed by atoms with Crippen molar-refractivity contribution in [1.29, 1.82) is 5.26 Å². The molecule has 0 aromatic heterocycles. The average molecular weight is 189 g/mol. The summed E-state index contributed by atoms with van der Waals surface area (Å²) >= 11 is 0. The number of aryl methyl sites for hydroxylation is 1. The van der Waals surface area contributed by atoms with Gasteiger partial charge in [-0.2, -0.15) is 5.26 Å². The van der Waals surface area contributed by atoms with E-state index in [1.807, 2.05) is 18.2 Å². The summed E-state index contributed by atoms with van der Waals surface area (Å²) in [6, 6.07) is 7.80. The van der Waals surface area contributed by atoms with Gasteiger partial charge in [0.05, 0.1) is 18.7 Å². The number of nitriles is 1. The first-order valence-electron chi connectivity index (χ1n) is 4.88. The van der Waals surface area contributed by atoms with Gasteiger partial charge in [0, 0.05) is 0 Å². The monoisotopic (exact) mass is 189 g/mol. The van der Waals surface area contributed by atoms with Gasteiger partial charge in [0.1, 0.15) is 5.75 Å². The lowest BCUT2D eigenvalue weighted by Gasteiger charge is -2.05. The lowest BCUT2D eigenvalue weighted by atomic mass is 10.0. The van der Waals surface area contributed by atoms with Crippen molar-refractivity contribution >= 4 is 0 Å². The van der Waals surface area contributed by atoms with Crippen LogP contribution in [0, 0.1) is 11.3 Å². The zero-order chi connectivity index (χ0) is 10.4. The van der Waals surface area contributed by atoms with E-state index in [9.17, 15) is 0 Å². The van der Waals surface area contributed by atoms with Gasteiger partial charge in [-0.3, -0.25) is 0 Å². The number of ether oxygens (including phenoxy) is 1. The fourth-order valence-electron chi connectivity index (χ4n) is 1.38. The van der Waals surface area contributed by atoms with Gasteiger partial charge in [-0.25, -0.2) is 0 Å². The molecular formula is C12H15NO. The highest BCUT2D eigenvalue weighted by atomic mass is 16.5. The summed E-state index contributed by atoms with van der Waals surface area (Å²) < 4.78 is 5.12. The number of methoxy groups -OCH3 is 1. The summed E-state index contributed by atoms with van der Waals surface area (Å²) in [6.07, 6.45) is 3.21. The number of nitrogens with zero attached hydrogens (tertiary/aromatic N) is 1. The Labute approximate surface area is 85.1 Å². The van der Waals surface area contributed by atoms with E-state index in [-0.39, 0.29) is 0 Å². The number of hydrogen-bond donors (Lipinski definition) is 0. The lowest BCUT2D eigenvalue weighted by Crippen LogP contribution is -1.92. The Bertz CT molecular complexity index is 339. The van der Waals surface area contributed by atoms with Crippen molar-refractivity contribution in [2.45, 2.75) is 26.2 Å². The first kappa shape index (κ1) is 10.6. The van der Waals surface area contributed by atoms with Crippen LogP contribution >= 0.6 is 0 Å². The molecule has 0 aliphatic heterocycles. The molecule has 2 nitrogen and oxygen atoms in total. The van der Waals surface area contributed by atoms with Crippen LogP contribution in [0.2, 0.25) is 0 Å². The maximum absolute atomic E-state index is 8.89. The minimum Gasteiger partial charge on any atom is -0.497 e. The van der Waals surface area contributed by atoms with Crippen LogP contribution in [0.5, 0.6) is 5.75 Å². The van der Waals surface area contributed by atoms with Gasteiger partial charge in [-0.1, -0.05) is 13.3 Å². The Morgan fingerprint density at radius 3 is 2.79 bits per heavy atom. The van der Waals surface area contributed by atoms with E-state index >= 15 is 0 Å². The Kier molecular flexibility index (Phi) is 4.00. The highest BCUT2D eigenvalue weighted by Crippen LogP contribution is 2.18. The molecule has 0 spiro atoms. The summed E-state index contributed by atoms with van der Waals surface area (Å²) in [4.78, 5) is 0. The third-order valence-corrected chi connectivity index (χ3v) is 2.23. The van der Waals surface area contributed by atoms with E-state index < -0.39 is 0 Å². The van der Waals surface area contributed by atoms with Crippen molar-refractivity contribution in [3.05, 3.63) is 29.3 Å². The molecule has 0 N–H and O–H groups in total. The van der Waals surface area contributed by atoms with E-state index in [0.717, 1.165) is 36.1 Å². The maximum atomic E-state index is 8.89. The second-order valence-electron chi connectivity index (χ2n) is 3.24. The first-order chi connectivity index (χ1) is 6.81. The van der Waals surface area contributed by atoms with Crippen LogP contribution in [-0.4, -0.2) is 7.11 Å². The number of hydrogen-bond acceptors (Lipinski definition) is 2. The van der Waals surface area contributed by atoms with Gasteiger partial charge >= 0.3 is 0 Å². The molecule has 2 heteroatoms. The molecule has 0 amide bonds.